The molecule has 11 heteroatoms. The van der Waals surface area contributed by atoms with Gasteiger partial charge in [-0.1, -0.05) is 0 Å². The maximum Gasteiger partial charge on any atom is 0.263 e. The summed E-state index contributed by atoms with van der Waals surface area (Å²) in [5.74, 6) is -1.88. The van der Waals surface area contributed by atoms with Crippen LogP contribution in [0.5, 0.6) is 0 Å². The average molecular weight is 415 g/mol. The van der Waals surface area contributed by atoms with Gasteiger partial charge in [-0.05, 0) is 12.8 Å². The smallest absolute Gasteiger partial charge is 0.263 e. The molecular formula is C19H19F2N7O2. The van der Waals surface area contributed by atoms with Crippen LogP contribution >= 0.6 is 0 Å². The zero-order valence-electron chi connectivity index (χ0n) is 15.9. The Bertz CT molecular complexity index is 1140. The molecule has 2 aliphatic rings. The maximum atomic E-state index is 14.7. The van der Waals surface area contributed by atoms with Gasteiger partial charge >= 0.3 is 0 Å². The first kappa shape index (κ1) is 18.7. The van der Waals surface area contributed by atoms with E-state index in [2.05, 4.69) is 20.4 Å². The molecule has 0 bridgehead atoms. The van der Waals surface area contributed by atoms with Crippen LogP contribution in [-0.2, 0) is 4.74 Å². The number of nitrogens with zero attached hydrogens (tertiary/aromatic N) is 5. The fourth-order valence-corrected chi connectivity index (χ4v) is 4.06. The molecule has 30 heavy (non-hydrogen) atoms. The van der Waals surface area contributed by atoms with Crippen LogP contribution in [0.1, 0.15) is 23.2 Å². The summed E-state index contributed by atoms with van der Waals surface area (Å²) < 4.78 is 34.5. The number of pyridine rings is 1. The minimum atomic E-state index is -0.629. The van der Waals surface area contributed by atoms with Gasteiger partial charge in [-0.2, -0.15) is 0 Å². The summed E-state index contributed by atoms with van der Waals surface area (Å²) in [4.78, 5) is 22.6. The average Bonchev–Trinajstić information content (AvgIpc) is 3.02. The van der Waals surface area contributed by atoms with Crippen LogP contribution < -0.4 is 16.0 Å². The van der Waals surface area contributed by atoms with Crippen molar-refractivity contribution in [3.05, 3.63) is 42.0 Å². The second-order valence-electron chi connectivity index (χ2n) is 7.75. The molecule has 1 spiro atoms. The van der Waals surface area contributed by atoms with Crippen LogP contribution in [0.2, 0.25) is 0 Å². The number of nitrogens with two attached hydrogens (primary N) is 1. The maximum absolute atomic E-state index is 14.7. The van der Waals surface area contributed by atoms with Crippen molar-refractivity contribution in [2.75, 3.05) is 42.3 Å². The number of hydrogen-bond donors (Lipinski definition) is 2. The van der Waals surface area contributed by atoms with Gasteiger partial charge in [-0.15, -0.1) is 5.10 Å². The number of halogens is 2. The Morgan fingerprint density at radius 3 is 2.67 bits per heavy atom. The van der Waals surface area contributed by atoms with E-state index in [1.54, 1.807) is 0 Å². The Kier molecular flexibility index (Phi) is 4.28. The van der Waals surface area contributed by atoms with Gasteiger partial charge in [0, 0.05) is 18.5 Å². The highest BCUT2D eigenvalue weighted by molar-refractivity contribution is 6.12. The van der Waals surface area contributed by atoms with Crippen molar-refractivity contribution in [2.24, 2.45) is 5.41 Å². The number of piperidine rings is 1. The van der Waals surface area contributed by atoms with E-state index in [-0.39, 0.29) is 33.8 Å². The van der Waals surface area contributed by atoms with Crippen LogP contribution in [0.3, 0.4) is 0 Å². The van der Waals surface area contributed by atoms with Gasteiger partial charge in [0.25, 0.3) is 5.91 Å². The number of nitrogen functional groups attached to an aromatic ring is 1. The third-order valence-corrected chi connectivity index (χ3v) is 5.77. The lowest BCUT2D eigenvalue weighted by Gasteiger charge is -2.48. The molecule has 0 radical (unpaired) electrons. The van der Waals surface area contributed by atoms with Crippen molar-refractivity contribution < 1.29 is 18.3 Å². The minimum absolute atomic E-state index is 0.0191. The van der Waals surface area contributed by atoms with Gasteiger partial charge in [-0.25, -0.2) is 18.3 Å². The molecule has 3 N–H and O–H groups in total. The molecule has 3 aromatic heterocycles. The Labute approximate surface area is 169 Å². The summed E-state index contributed by atoms with van der Waals surface area (Å²) in [5, 5.41) is 6.59. The van der Waals surface area contributed by atoms with E-state index in [1.165, 1.54) is 6.20 Å². The molecule has 0 aromatic carbocycles. The molecule has 2 aliphatic heterocycles. The van der Waals surface area contributed by atoms with Crippen LogP contribution in [0.4, 0.5) is 26.0 Å². The number of aromatic nitrogens is 4. The fourth-order valence-electron chi connectivity index (χ4n) is 4.06. The highest BCUT2D eigenvalue weighted by Gasteiger charge is 2.41. The van der Waals surface area contributed by atoms with E-state index in [4.69, 9.17) is 10.5 Å². The number of rotatable bonds is 3. The highest BCUT2D eigenvalue weighted by Crippen LogP contribution is 2.41. The molecule has 3 aromatic rings. The van der Waals surface area contributed by atoms with Crippen molar-refractivity contribution in [3.8, 4) is 0 Å². The number of hydrogen-bond acceptors (Lipinski definition) is 7. The zero-order chi connectivity index (χ0) is 20.9. The van der Waals surface area contributed by atoms with Crippen LogP contribution in [0.15, 0.2) is 24.8 Å². The van der Waals surface area contributed by atoms with E-state index in [9.17, 15) is 13.6 Å². The molecule has 0 atom stereocenters. The summed E-state index contributed by atoms with van der Waals surface area (Å²) in [6.07, 6.45) is 6.32. The number of amides is 1. The van der Waals surface area contributed by atoms with Crippen LogP contribution in [0.25, 0.3) is 5.65 Å². The summed E-state index contributed by atoms with van der Waals surface area (Å²) in [6.45, 7) is 2.77. The van der Waals surface area contributed by atoms with Crippen molar-refractivity contribution in [1.82, 2.24) is 19.6 Å². The third-order valence-electron chi connectivity index (χ3n) is 5.77. The number of carbonyl (C=O) groups is 1. The molecule has 156 valence electrons. The van der Waals surface area contributed by atoms with Gasteiger partial charge in [0.05, 0.1) is 43.7 Å². The number of ether oxygens (including phenoxy) is 1. The summed E-state index contributed by atoms with van der Waals surface area (Å²) >= 11 is 0. The monoisotopic (exact) mass is 415 g/mol. The fraction of sp³-hybridized carbons (Fsp3) is 0.368. The molecule has 0 aliphatic carbocycles. The van der Waals surface area contributed by atoms with E-state index in [1.807, 2.05) is 4.90 Å². The Morgan fingerprint density at radius 2 is 1.97 bits per heavy atom. The summed E-state index contributed by atoms with van der Waals surface area (Å²) in [6, 6.07) is 0. The van der Waals surface area contributed by atoms with Crippen molar-refractivity contribution in [2.45, 2.75) is 12.8 Å². The second kappa shape index (κ2) is 6.87. The lowest BCUT2D eigenvalue weighted by Crippen LogP contribution is -2.51. The van der Waals surface area contributed by atoms with Crippen molar-refractivity contribution in [1.29, 1.82) is 0 Å². The first-order chi connectivity index (χ1) is 14.5. The molecule has 5 rings (SSSR count). The first-order valence-corrected chi connectivity index (χ1v) is 9.53. The van der Waals surface area contributed by atoms with Crippen molar-refractivity contribution in [3.63, 3.8) is 0 Å². The standard InChI is InChI=1S/C19H19F2N7O2/c20-11-5-24-17-14(16(22)26-28(17)8-11)18(29)25-13-7-23-6-12(21)15(13)27-3-1-19(2-4-27)9-30-10-19/h5-8H,1-4,9-10H2,(H2,22,26)(H,25,29). The first-order valence-electron chi connectivity index (χ1n) is 9.53. The van der Waals surface area contributed by atoms with E-state index in [0.717, 1.165) is 49.2 Å². The number of fused-ring (bicyclic) bond motifs is 1. The molecule has 2 saturated heterocycles. The van der Waals surface area contributed by atoms with Crippen LogP contribution in [0, 0.1) is 17.0 Å². The predicted octanol–water partition coefficient (Wildman–Crippen LogP) is 1.85. The highest BCUT2D eigenvalue weighted by atomic mass is 19.1. The van der Waals surface area contributed by atoms with Gasteiger partial charge < -0.3 is 20.7 Å². The van der Waals surface area contributed by atoms with Gasteiger partial charge in [-0.3, -0.25) is 9.78 Å². The Hall–Kier alpha value is -3.34. The minimum Gasteiger partial charge on any atom is -0.381 e. The van der Waals surface area contributed by atoms with E-state index in [0.29, 0.717) is 13.1 Å². The Balaban J connectivity index is 1.44. The molecule has 9 nitrogen and oxygen atoms in total. The van der Waals surface area contributed by atoms with Gasteiger partial charge in [0.15, 0.2) is 23.1 Å². The quantitative estimate of drug-likeness (QED) is 0.672. The number of nitrogens with one attached hydrogen (secondary N) is 1. The van der Waals surface area contributed by atoms with Crippen molar-refractivity contribution >= 4 is 28.7 Å². The largest absolute Gasteiger partial charge is 0.381 e. The summed E-state index contributed by atoms with van der Waals surface area (Å²) in [7, 11) is 0. The molecule has 2 fully saturated rings. The molecule has 5 heterocycles. The van der Waals surface area contributed by atoms with E-state index >= 15 is 0 Å². The van der Waals surface area contributed by atoms with Crippen LogP contribution in [-0.4, -0.2) is 51.8 Å². The molecule has 1 amide bonds. The lowest BCUT2D eigenvalue weighted by molar-refractivity contribution is -0.124. The van der Waals surface area contributed by atoms with Gasteiger partial charge in [0.2, 0.25) is 0 Å². The Morgan fingerprint density at radius 1 is 1.20 bits per heavy atom. The zero-order valence-corrected chi connectivity index (χ0v) is 15.9. The topological polar surface area (TPSA) is 111 Å². The SMILES string of the molecule is Nc1nn2cc(F)cnc2c1C(=O)Nc1cncc(F)c1N1CCC2(CC1)COC2. The van der Waals surface area contributed by atoms with E-state index < -0.39 is 17.5 Å². The lowest BCUT2D eigenvalue weighted by atomic mass is 9.77. The summed E-state index contributed by atoms with van der Waals surface area (Å²) in [5.41, 5.74) is 6.63. The molecular weight excluding hydrogens is 396 g/mol. The number of carbonyl (C=O) groups excluding carboxylic acids is 1. The predicted molar refractivity (Wildman–Crippen MR) is 104 cm³/mol. The molecule has 0 saturated carbocycles. The second-order valence-corrected chi connectivity index (χ2v) is 7.75. The third kappa shape index (κ3) is 3.02. The normalized spacial score (nSPS) is 17.9. The van der Waals surface area contributed by atoms with Gasteiger partial charge in [0.1, 0.15) is 11.3 Å². The number of anilines is 3. The molecule has 0 unspecified atom stereocenters.